The van der Waals surface area contributed by atoms with Crippen LogP contribution < -0.4 is 0 Å². The average molecular weight is 304 g/mol. The summed E-state index contributed by atoms with van der Waals surface area (Å²) >= 11 is 0. The van der Waals surface area contributed by atoms with Crippen molar-refractivity contribution in [3.05, 3.63) is 11.6 Å². The largest absolute Gasteiger partial charge is 0.299 e. The predicted molar refractivity (Wildman–Crippen MR) is 90.6 cm³/mol. The first-order chi connectivity index (χ1) is 10.2. The Morgan fingerprint density at radius 2 is 2.09 bits per heavy atom. The molecule has 0 unspecified atom stereocenters. The van der Waals surface area contributed by atoms with Gasteiger partial charge in [-0.05, 0) is 43.4 Å². The Hall–Kier alpha value is -0.920. The molecule has 0 aromatic heterocycles. The Bertz CT molecular complexity index is 480. The molecule has 0 aliphatic heterocycles. The van der Waals surface area contributed by atoms with Crippen molar-refractivity contribution >= 4 is 11.6 Å². The quantitative estimate of drug-likeness (QED) is 0.661. The van der Waals surface area contributed by atoms with Gasteiger partial charge in [0.05, 0.1) is 0 Å². The zero-order valence-corrected chi connectivity index (χ0v) is 15.0. The van der Waals surface area contributed by atoms with Crippen molar-refractivity contribution in [2.75, 3.05) is 0 Å². The summed E-state index contributed by atoms with van der Waals surface area (Å²) in [4.78, 5) is 24.2. The van der Waals surface area contributed by atoms with Crippen LogP contribution in [0.25, 0.3) is 0 Å². The van der Waals surface area contributed by atoms with E-state index in [1.807, 2.05) is 20.8 Å². The maximum absolute atomic E-state index is 12.2. The first kappa shape index (κ1) is 17.4. The monoisotopic (exact) mass is 304 g/mol. The molecule has 124 valence electrons. The first-order valence-corrected chi connectivity index (χ1v) is 8.93. The summed E-state index contributed by atoms with van der Waals surface area (Å²) in [6.45, 7) is 10.6. The summed E-state index contributed by atoms with van der Waals surface area (Å²) in [5.74, 6) is 1.55. The van der Waals surface area contributed by atoms with Gasteiger partial charge in [0, 0.05) is 24.2 Å². The molecule has 0 saturated heterocycles. The lowest BCUT2D eigenvalue weighted by Crippen LogP contribution is -2.36. The van der Waals surface area contributed by atoms with Crippen molar-refractivity contribution in [2.24, 2.45) is 22.7 Å². The van der Waals surface area contributed by atoms with E-state index in [0.29, 0.717) is 23.9 Å². The Morgan fingerprint density at radius 1 is 1.41 bits per heavy atom. The first-order valence-electron chi connectivity index (χ1n) is 8.93. The van der Waals surface area contributed by atoms with Gasteiger partial charge in [0.25, 0.3) is 0 Å². The van der Waals surface area contributed by atoms with Crippen LogP contribution in [0, 0.1) is 22.7 Å². The van der Waals surface area contributed by atoms with Crippen LogP contribution in [0.5, 0.6) is 0 Å². The molecule has 22 heavy (non-hydrogen) atoms. The van der Waals surface area contributed by atoms with E-state index in [-0.39, 0.29) is 16.7 Å². The molecule has 2 aliphatic rings. The molecule has 0 spiro atoms. The lowest BCUT2D eigenvalue weighted by molar-refractivity contribution is -0.128. The second-order valence-electron chi connectivity index (χ2n) is 8.65. The zero-order chi connectivity index (χ0) is 16.5. The van der Waals surface area contributed by atoms with Crippen molar-refractivity contribution in [2.45, 2.75) is 79.6 Å². The SMILES string of the molecule is C[C@H](CCCC(=O)C(C)(C)C)C1=CC[C@H]2C(=O)CCC[C@]12C. The van der Waals surface area contributed by atoms with Gasteiger partial charge in [-0.1, -0.05) is 46.3 Å². The van der Waals surface area contributed by atoms with Crippen LogP contribution in [-0.4, -0.2) is 11.6 Å². The summed E-state index contributed by atoms with van der Waals surface area (Å²) in [5.41, 5.74) is 1.37. The Labute approximate surface area is 135 Å². The van der Waals surface area contributed by atoms with Gasteiger partial charge in [0.2, 0.25) is 0 Å². The molecule has 0 amide bonds. The Kier molecular flexibility index (Phi) is 4.99. The van der Waals surface area contributed by atoms with E-state index in [1.165, 1.54) is 5.57 Å². The highest BCUT2D eigenvalue weighted by Crippen LogP contribution is 2.53. The van der Waals surface area contributed by atoms with Crippen LogP contribution >= 0.6 is 0 Å². The van der Waals surface area contributed by atoms with E-state index in [1.54, 1.807) is 0 Å². The van der Waals surface area contributed by atoms with Gasteiger partial charge >= 0.3 is 0 Å². The van der Waals surface area contributed by atoms with Gasteiger partial charge in [-0.2, -0.15) is 0 Å². The molecule has 2 aliphatic carbocycles. The van der Waals surface area contributed by atoms with Crippen molar-refractivity contribution in [3.63, 3.8) is 0 Å². The third-order valence-corrected chi connectivity index (χ3v) is 5.92. The van der Waals surface area contributed by atoms with Crippen LogP contribution in [0.4, 0.5) is 0 Å². The summed E-state index contributed by atoms with van der Waals surface area (Å²) in [6, 6.07) is 0. The van der Waals surface area contributed by atoms with E-state index >= 15 is 0 Å². The molecule has 0 N–H and O–H groups in total. The van der Waals surface area contributed by atoms with Crippen LogP contribution in [0.3, 0.4) is 0 Å². The van der Waals surface area contributed by atoms with Gasteiger partial charge in [-0.15, -0.1) is 0 Å². The molecule has 0 heterocycles. The maximum atomic E-state index is 12.2. The molecule has 3 atom stereocenters. The number of Topliss-reactive ketones (excluding diaryl/α,β-unsaturated/α-hetero) is 2. The molecule has 1 saturated carbocycles. The number of rotatable bonds is 5. The van der Waals surface area contributed by atoms with Gasteiger partial charge in [0.1, 0.15) is 11.6 Å². The summed E-state index contributed by atoms with van der Waals surface area (Å²) in [7, 11) is 0. The topological polar surface area (TPSA) is 34.1 Å². The number of hydrogen-bond donors (Lipinski definition) is 0. The molecule has 2 heteroatoms. The third-order valence-electron chi connectivity index (χ3n) is 5.92. The fourth-order valence-corrected chi connectivity index (χ4v) is 4.41. The lowest BCUT2D eigenvalue weighted by Gasteiger charge is -2.40. The normalized spacial score (nSPS) is 30.0. The van der Waals surface area contributed by atoms with Crippen molar-refractivity contribution in [1.82, 2.24) is 0 Å². The third kappa shape index (κ3) is 3.36. The summed E-state index contributed by atoms with van der Waals surface area (Å²) in [5, 5.41) is 0. The highest BCUT2D eigenvalue weighted by atomic mass is 16.1. The molecule has 0 radical (unpaired) electrons. The summed E-state index contributed by atoms with van der Waals surface area (Å²) < 4.78 is 0. The second kappa shape index (κ2) is 6.29. The lowest BCUT2D eigenvalue weighted by atomic mass is 9.63. The summed E-state index contributed by atoms with van der Waals surface area (Å²) in [6.07, 6.45) is 8.95. The number of carbonyl (C=O) groups is 2. The van der Waals surface area contributed by atoms with E-state index in [4.69, 9.17) is 0 Å². The number of ketones is 2. The number of carbonyl (C=O) groups excluding carboxylic acids is 2. The minimum absolute atomic E-state index is 0.1000. The van der Waals surface area contributed by atoms with Gasteiger partial charge in [-0.3, -0.25) is 9.59 Å². The number of hydrogen-bond acceptors (Lipinski definition) is 2. The maximum Gasteiger partial charge on any atom is 0.138 e. The van der Waals surface area contributed by atoms with Crippen molar-refractivity contribution < 1.29 is 9.59 Å². The zero-order valence-electron chi connectivity index (χ0n) is 15.0. The Morgan fingerprint density at radius 3 is 2.73 bits per heavy atom. The minimum atomic E-state index is -0.220. The number of fused-ring (bicyclic) bond motifs is 1. The molecular weight excluding hydrogens is 272 g/mol. The smallest absolute Gasteiger partial charge is 0.138 e. The second-order valence-corrected chi connectivity index (χ2v) is 8.65. The number of allylic oxidation sites excluding steroid dienone is 2. The van der Waals surface area contributed by atoms with E-state index < -0.39 is 0 Å². The van der Waals surface area contributed by atoms with Gasteiger partial charge in [0.15, 0.2) is 0 Å². The van der Waals surface area contributed by atoms with Crippen molar-refractivity contribution in [3.8, 4) is 0 Å². The predicted octanol–water partition coefficient (Wildman–Crippen LogP) is 5.11. The van der Waals surface area contributed by atoms with E-state index in [0.717, 1.165) is 38.5 Å². The van der Waals surface area contributed by atoms with Crippen LogP contribution in [0.1, 0.15) is 79.6 Å². The fourth-order valence-electron chi connectivity index (χ4n) is 4.41. The van der Waals surface area contributed by atoms with Gasteiger partial charge < -0.3 is 0 Å². The van der Waals surface area contributed by atoms with E-state index in [2.05, 4.69) is 19.9 Å². The standard InChI is InChI=1S/C20H32O2/c1-14(8-6-10-18(22)19(2,3)4)15-11-12-16-17(21)9-7-13-20(15,16)5/h11,14,16H,6-10,12-13H2,1-5H3/t14-,16+,20-/m1/s1. The highest BCUT2D eigenvalue weighted by molar-refractivity contribution is 5.84. The molecular formula is C20H32O2. The fraction of sp³-hybridized carbons (Fsp3) is 0.800. The van der Waals surface area contributed by atoms with Crippen LogP contribution in [0.15, 0.2) is 11.6 Å². The molecule has 0 aromatic carbocycles. The van der Waals surface area contributed by atoms with Gasteiger partial charge in [-0.25, -0.2) is 0 Å². The molecule has 0 aromatic rings. The highest BCUT2D eigenvalue weighted by Gasteiger charge is 2.47. The van der Waals surface area contributed by atoms with E-state index in [9.17, 15) is 9.59 Å². The molecule has 2 nitrogen and oxygen atoms in total. The molecule has 0 bridgehead atoms. The van der Waals surface area contributed by atoms with Crippen LogP contribution in [0.2, 0.25) is 0 Å². The van der Waals surface area contributed by atoms with Crippen molar-refractivity contribution in [1.29, 1.82) is 0 Å². The Balaban J connectivity index is 1.92. The van der Waals surface area contributed by atoms with Crippen LogP contribution in [-0.2, 0) is 9.59 Å². The average Bonchev–Trinajstić information content (AvgIpc) is 2.76. The minimum Gasteiger partial charge on any atom is -0.299 e. The molecule has 1 fully saturated rings. The molecule has 2 rings (SSSR count).